The monoisotopic (exact) mass is 343 g/mol. The summed E-state index contributed by atoms with van der Waals surface area (Å²) in [6, 6.07) is 4.57. The molecule has 10 nitrogen and oxygen atoms in total. The molecule has 0 saturated carbocycles. The molecule has 1 aromatic heterocycles. The average molecular weight is 343 g/mol. The molecule has 0 amide bonds. The van der Waals surface area contributed by atoms with Gasteiger partial charge >= 0.3 is 5.69 Å². The summed E-state index contributed by atoms with van der Waals surface area (Å²) in [5.74, 6) is -1.30. The van der Waals surface area contributed by atoms with E-state index in [9.17, 15) is 20.5 Å². The number of aromatic amines is 1. The molecule has 0 bridgehead atoms. The number of aromatic nitrogens is 2. The molecule has 2 aromatic rings. The topological polar surface area (TPSA) is 160 Å². The molecule has 128 valence electrons. The molecular weight excluding hydrogens is 330 g/mol. The van der Waals surface area contributed by atoms with Crippen LogP contribution >= 0.6 is 0 Å². The van der Waals surface area contributed by atoms with E-state index in [1.807, 2.05) is 6.07 Å². The standard InChI is InChI=1S/C15H13N5O5/c1-6-11-12(8(5-16)14(17)25-15(11)19-18-6)7-3-9(20(22)23)13(21)10(4-7)24-2/h3-4,12,21H,17H2,1-2H3,(H,18,19). The lowest BCUT2D eigenvalue weighted by Crippen LogP contribution is -2.21. The summed E-state index contributed by atoms with van der Waals surface area (Å²) in [6.07, 6.45) is 0. The van der Waals surface area contributed by atoms with Crippen molar-refractivity contribution in [1.82, 2.24) is 10.2 Å². The minimum Gasteiger partial charge on any atom is -0.500 e. The zero-order valence-corrected chi connectivity index (χ0v) is 13.2. The van der Waals surface area contributed by atoms with Crippen molar-refractivity contribution in [3.8, 4) is 23.4 Å². The molecule has 4 N–H and O–H groups in total. The van der Waals surface area contributed by atoms with Crippen molar-refractivity contribution in [2.45, 2.75) is 12.8 Å². The summed E-state index contributed by atoms with van der Waals surface area (Å²) in [5.41, 5.74) is 6.78. The Bertz CT molecular complexity index is 956. The number of hydrogen-bond donors (Lipinski definition) is 3. The molecule has 10 heteroatoms. The van der Waals surface area contributed by atoms with E-state index in [1.165, 1.54) is 19.2 Å². The number of phenols is 1. The predicted molar refractivity (Wildman–Crippen MR) is 83.9 cm³/mol. The van der Waals surface area contributed by atoms with Crippen molar-refractivity contribution >= 4 is 5.69 Å². The number of nitro benzene ring substituents is 1. The Hall–Kier alpha value is -3.74. The minimum absolute atomic E-state index is 0.0824. The first-order chi connectivity index (χ1) is 11.9. The Kier molecular flexibility index (Phi) is 3.69. The second-order valence-corrected chi connectivity index (χ2v) is 5.32. The van der Waals surface area contributed by atoms with E-state index in [-0.39, 0.29) is 23.1 Å². The molecule has 0 aliphatic carbocycles. The van der Waals surface area contributed by atoms with Crippen LogP contribution in [-0.4, -0.2) is 27.3 Å². The van der Waals surface area contributed by atoms with Gasteiger partial charge in [-0.2, -0.15) is 10.4 Å². The maximum atomic E-state index is 11.2. The van der Waals surface area contributed by atoms with Crippen molar-refractivity contribution in [2.75, 3.05) is 7.11 Å². The lowest BCUT2D eigenvalue weighted by Gasteiger charge is -2.24. The highest BCUT2D eigenvalue weighted by atomic mass is 16.6. The maximum absolute atomic E-state index is 11.2. The highest BCUT2D eigenvalue weighted by Crippen LogP contribution is 2.46. The fourth-order valence-corrected chi connectivity index (χ4v) is 2.82. The smallest absolute Gasteiger partial charge is 0.314 e. The van der Waals surface area contributed by atoms with E-state index in [1.54, 1.807) is 6.92 Å². The molecule has 25 heavy (non-hydrogen) atoms. The molecule has 1 aromatic carbocycles. The van der Waals surface area contributed by atoms with Crippen molar-refractivity contribution in [1.29, 1.82) is 5.26 Å². The van der Waals surface area contributed by atoms with Crippen molar-refractivity contribution in [3.63, 3.8) is 0 Å². The third-order valence-corrected chi connectivity index (χ3v) is 3.96. The predicted octanol–water partition coefficient (Wildman–Crippen LogP) is 1.56. The molecule has 0 saturated heterocycles. The van der Waals surface area contributed by atoms with E-state index in [0.29, 0.717) is 16.8 Å². The number of allylic oxidation sites excluding steroid dienone is 1. The molecule has 1 aliphatic rings. The molecule has 1 aliphatic heterocycles. The first-order valence-electron chi connectivity index (χ1n) is 7.06. The number of aryl methyl sites for hydroxylation is 1. The van der Waals surface area contributed by atoms with Crippen molar-refractivity contribution in [2.24, 2.45) is 5.73 Å². The highest BCUT2D eigenvalue weighted by molar-refractivity contribution is 5.62. The minimum atomic E-state index is -0.749. The number of nitrogens with one attached hydrogen (secondary N) is 1. The summed E-state index contributed by atoms with van der Waals surface area (Å²) >= 11 is 0. The van der Waals surface area contributed by atoms with Gasteiger partial charge in [0.05, 0.1) is 29.2 Å². The molecule has 2 heterocycles. The number of benzene rings is 1. The fourth-order valence-electron chi connectivity index (χ4n) is 2.82. The van der Waals surface area contributed by atoms with Gasteiger partial charge in [-0.25, -0.2) is 5.10 Å². The van der Waals surface area contributed by atoms with Crippen LogP contribution in [-0.2, 0) is 0 Å². The van der Waals surface area contributed by atoms with E-state index in [2.05, 4.69) is 10.2 Å². The van der Waals surface area contributed by atoms with Gasteiger partial charge in [-0.05, 0) is 18.6 Å². The molecule has 0 fully saturated rings. The van der Waals surface area contributed by atoms with Gasteiger partial charge in [0.25, 0.3) is 0 Å². The quantitative estimate of drug-likeness (QED) is 0.559. The van der Waals surface area contributed by atoms with E-state index < -0.39 is 22.3 Å². The van der Waals surface area contributed by atoms with Gasteiger partial charge in [-0.15, -0.1) is 0 Å². The van der Waals surface area contributed by atoms with Gasteiger partial charge in [-0.3, -0.25) is 10.1 Å². The van der Waals surface area contributed by atoms with Crippen molar-refractivity contribution < 1.29 is 19.5 Å². The lowest BCUT2D eigenvalue weighted by atomic mass is 9.84. The van der Waals surface area contributed by atoms with Gasteiger partial charge < -0.3 is 20.3 Å². The number of rotatable bonds is 3. The van der Waals surface area contributed by atoms with Crippen LogP contribution < -0.4 is 15.2 Å². The Morgan fingerprint density at radius 1 is 1.56 bits per heavy atom. The number of H-pyrrole nitrogens is 1. The summed E-state index contributed by atoms with van der Waals surface area (Å²) < 4.78 is 10.4. The number of nitro groups is 1. The van der Waals surface area contributed by atoms with Crippen LogP contribution in [0.25, 0.3) is 0 Å². The molecule has 3 rings (SSSR count). The second kappa shape index (κ2) is 5.72. The van der Waals surface area contributed by atoms with Crippen LogP contribution in [0.5, 0.6) is 17.4 Å². The third kappa shape index (κ3) is 2.38. The Labute approximate surface area is 141 Å². The largest absolute Gasteiger partial charge is 0.500 e. The van der Waals surface area contributed by atoms with E-state index >= 15 is 0 Å². The average Bonchev–Trinajstić information content (AvgIpc) is 2.94. The Balaban J connectivity index is 2.31. The van der Waals surface area contributed by atoms with Crippen LogP contribution in [0.2, 0.25) is 0 Å². The summed E-state index contributed by atoms with van der Waals surface area (Å²) in [4.78, 5) is 10.5. The fraction of sp³-hybridized carbons (Fsp3) is 0.200. The number of aromatic hydroxyl groups is 1. The molecule has 1 unspecified atom stereocenters. The van der Waals surface area contributed by atoms with Crippen LogP contribution in [0, 0.1) is 28.4 Å². The molecular formula is C15H13N5O5. The zero-order valence-electron chi connectivity index (χ0n) is 13.2. The highest BCUT2D eigenvalue weighted by Gasteiger charge is 2.36. The van der Waals surface area contributed by atoms with Gasteiger partial charge in [-0.1, -0.05) is 0 Å². The summed E-state index contributed by atoms with van der Waals surface area (Å²) in [6.45, 7) is 1.70. The van der Waals surface area contributed by atoms with Crippen LogP contribution in [0.4, 0.5) is 5.69 Å². The summed E-state index contributed by atoms with van der Waals surface area (Å²) in [5, 5.41) is 37.4. The Morgan fingerprint density at radius 2 is 2.28 bits per heavy atom. The summed E-state index contributed by atoms with van der Waals surface area (Å²) in [7, 11) is 1.27. The third-order valence-electron chi connectivity index (χ3n) is 3.96. The Morgan fingerprint density at radius 3 is 2.88 bits per heavy atom. The number of nitrogens with zero attached hydrogens (tertiary/aromatic N) is 3. The van der Waals surface area contributed by atoms with E-state index in [4.69, 9.17) is 15.2 Å². The first kappa shape index (κ1) is 16.1. The normalized spacial score (nSPS) is 16.0. The molecule has 0 radical (unpaired) electrons. The maximum Gasteiger partial charge on any atom is 0.314 e. The second-order valence-electron chi connectivity index (χ2n) is 5.32. The molecule has 0 spiro atoms. The number of ether oxygens (including phenoxy) is 2. The number of nitriles is 1. The number of nitrogens with two attached hydrogens (primary N) is 1. The number of methoxy groups -OCH3 is 1. The van der Waals surface area contributed by atoms with Crippen LogP contribution in [0.15, 0.2) is 23.6 Å². The zero-order chi connectivity index (χ0) is 18.3. The lowest BCUT2D eigenvalue weighted by molar-refractivity contribution is -0.386. The van der Waals surface area contributed by atoms with Gasteiger partial charge in [0.1, 0.15) is 11.6 Å². The van der Waals surface area contributed by atoms with Gasteiger partial charge in [0.15, 0.2) is 5.75 Å². The van der Waals surface area contributed by atoms with Crippen LogP contribution in [0.1, 0.15) is 22.7 Å². The number of hydrogen-bond acceptors (Lipinski definition) is 8. The first-order valence-corrected chi connectivity index (χ1v) is 7.06. The number of phenolic OH excluding ortho intramolecular Hbond substituents is 1. The van der Waals surface area contributed by atoms with Crippen LogP contribution in [0.3, 0.4) is 0 Å². The van der Waals surface area contributed by atoms with Gasteiger partial charge in [0.2, 0.25) is 17.5 Å². The number of fused-ring (bicyclic) bond motifs is 1. The molecule has 1 atom stereocenters. The van der Waals surface area contributed by atoms with E-state index in [0.717, 1.165) is 0 Å². The van der Waals surface area contributed by atoms with Crippen molar-refractivity contribution in [3.05, 3.63) is 50.5 Å². The SMILES string of the molecule is COc1cc(C2C(C#N)=C(N)Oc3[nH]nc(C)c32)cc([N+](=O)[O-])c1O. The van der Waals surface area contributed by atoms with Gasteiger partial charge in [0, 0.05) is 6.07 Å².